The Kier molecular flexibility index (Phi) is 5.50. The summed E-state index contributed by atoms with van der Waals surface area (Å²) in [6.07, 6.45) is 1.85. The van der Waals surface area contributed by atoms with Gasteiger partial charge in [-0.3, -0.25) is 0 Å². The summed E-state index contributed by atoms with van der Waals surface area (Å²) in [6.45, 7) is 1.66. The molecule has 1 radical (unpaired) electrons. The van der Waals surface area contributed by atoms with Gasteiger partial charge in [0.1, 0.15) is 9.84 Å². The van der Waals surface area contributed by atoms with Gasteiger partial charge in [0.05, 0.1) is 18.1 Å². The smallest absolute Gasteiger partial charge is 0.150 e. The highest BCUT2D eigenvalue weighted by molar-refractivity contribution is 7.91. The van der Waals surface area contributed by atoms with Gasteiger partial charge in [-0.25, -0.2) is 13.5 Å². The molecule has 0 bridgehead atoms. The fourth-order valence-corrected chi connectivity index (χ4v) is 2.24. The fourth-order valence-electron chi connectivity index (χ4n) is 0.745. The van der Waals surface area contributed by atoms with Gasteiger partial charge in [0, 0.05) is 0 Å². The largest absolute Gasteiger partial charge is 0.237 e. The van der Waals surface area contributed by atoms with Crippen LogP contribution < -0.4 is 0 Å². The zero-order valence-corrected chi connectivity index (χ0v) is 7.69. The van der Waals surface area contributed by atoms with Crippen LogP contribution in [0.25, 0.3) is 0 Å². The van der Waals surface area contributed by atoms with E-state index >= 15 is 0 Å². The first-order valence-corrected chi connectivity index (χ1v) is 5.73. The van der Waals surface area contributed by atoms with Gasteiger partial charge >= 0.3 is 0 Å². The van der Waals surface area contributed by atoms with E-state index in [2.05, 4.69) is 0 Å². The number of unbranched alkanes of at least 4 members (excludes halogenated alkanes) is 1. The predicted molar refractivity (Wildman–Crippen MR) is 43.7 cm³/mol. The molecule has 67 valence electrons. The third-order valence-corrected chi connectivity index (χ3v) is 3.23. The van der Waals surface area contributed by atoms with E-state index in [4.69, 9.17) is 0 Å². The van der Waals surface area contributed by atoms with Crippen molar-refractivity contribution in [2.45, 2.75) is 26.2 Å². The minimum atomic E-state index is -2.91. The summed E-state index contributed by atoms with van der Waals surface area (Å²) >= 11 is 0. The highest BCUT2D eigenvalue weighted by Crippen LogP contribution is 1.98. The highest BCUT2D eigenvalue weighted by Gasteiger charge is 2.08. The Morgan fingerprint density at radius 2 is 1.64 bits per heavy atom. The van der Waals surface area contributed by atoms with Crippen LogP contribution in [0.4, 0.5) is 0 Å². The quantitative estimate of drug-likeness (QED) is 0.611. The Balaban J connectivity index is 3.63. The predicted octanol–water partition coefficient (Wildman–Crippen LogP) is 1.02. The van der Waals surface area contributed by atoms with Gasteiger partial charge < -0.3 is 0 Å². The Morgan fingerprint density at radius 3 is 2.09 bits per heavy atom. The maximum Gasteiger partial charge on any atom is 0.150 e. The van der Waals surface area contributed by atoms with E-state index < -0.39 is 9.84 Å². The van der Waals surface area contributed by atoms with E-state index in [1.165, 1.54) is 0 Å². The van der Waals surface area contributed by atoms with Crippen molar-refractivity contribution >= 4 is 9.84 Å². The van der Waals surface area contributed by atoms with Crippen molar-refractivity contribution in [3.05, 3.63) is 0 Å². The Morgan fingerprint density at radius 1 is 1.09 bits per heavy atom. The summed E-state index contributed by atoms with van der Waals surface area (Å²) in [4.78, 5) is 0. The molecule has 0 spiro atoms. The Bertz CT molecular complexity index is 158. The standard InChI is InChI=1S/C7H15O3S/c1-2-3-6-11(9,10)7-4-5-8/h2-7H2,1H3. The van der Waals surface area contributed by atoms with Crippen molar-refractivity contribution < 1.29 is 13.5 Å². The summed E-state index contributed by atoms with van der Waals surface area (Å²) in [6, 6.07) is 0. The summed E-state index contributed by atoms with van der Waals surface area (Å²) in [5.74, 6) is 0.306. The third kappa shape index (κ3) is 6.31. The van der Waals surface area contributed by atoms with Crippen LogP contribution in [0.5, 0.6) is 0 Å². The molecular formula is C7H15O3S. The van der Waals surface area contributed by atoms with Crippen LogP contribution in [-0.2, 0) is 14.9 Å². The zero-order chi connectivity index (χ0) is 8.74. The highest BCUT2D eigenvalue weighted by atomic mass is 32.2. The summed E-state index contributed by atoms with van der Waals surface area (Å²) in [7, 11) is -2.91. The SMILES string of the molecule is CCCCS(=O)(=O)CCC[O]. The molecule has 4 heteroatoms. The van der Waals surface area contributed by atoms with E-state index in [-0.39, 0.29) is 24.5 Å². The first kappa shape index (κ1) is 10.9. The maximum absolute atomic E-state index is 11.0. The van der Waals surface area contributed by atoms with E-state index in [0.29, 0.717) is 6.42 Å². The molecule has 11 heavy (non-hydrogen) atoms. The second kappa shape index (κ2) is 5.55. The Labute approximate surface area is 68.3 Å². The van der Waals surface area contributed by atoms with E-state index in [1.54, 1.807) is 0 Å². The molecule has 0 rings (SSSR count). The van der Waals surface area contributed by atoms with Gasteiger partial charge in [-0.2, -0.15) is 0 Å². The van der Waals surface area contributed by atoms with Crippen LogP contribution in [-0.4, -0.2) is 26.5 Å². The molecule has 0 N–H and O–H groups in total. The molecule has 0 aromatic carbocycles. The lowest BCUT2D eigenvalue weighted by atomic mass is 10.4. The lowest BCUT2D eigenvalue weighted by Crippen LogP contribution is -2.11. The molecule has 0 aromatic rings. The monoisotopic (exact) mass is 179 g/mol. The molecule has 0 fully saturated rings. The van der Waals surface area contributed by atoms with Crippen LogP contribution in [0, 0.1) is 0 Å². The van der Waals surface area contributed by atoms with Crippen LogP contribution >= 0.6 is 0 Å². The van der Waals surface area contributed by atoms with E-state index in [1.807, 2.05) is 6.92 Å². The van der Waals surface area contributed by atoms with Crippen molar-refractivity contribution in [3.8, 4) is 0 Å². The lowest BCUT2D eigenvalue weighted by molar-refractivity contribution is 0.194. The van der Waals surface area contributed by atoms with E-state index in [9.17, 15) is 13.5 Å². The van der Waals surface area contributed by atoms with Gasteiger partial charge in [-0.15, -0.1) is 0 Å². The summed E-state index contributed by atoms with van der Waals surface area (Å²) < 4.78 is 22.0. The molecule has 0 heterocycles. The topological polar surface area (TPSA) is 54.0 Å². The zero-order valence-electron chi connectivity index (χ0n) is 6.88. The molecule has 0 saturated heterocycles. The van der Waals surface area contributed by atoms with Gasteiger partial charge in [0.25, 0.3) is 0 Å². The van der Waals surface area contributed by atoms with Crippen LogP contribution in [0.1, 0.15) is 26.2 Å². The Hall–Kier alpha value is -0.0900. The minimum absolute atomic E-state index is 0.0660. The molecule has 0 atom stereocenters. The summed E-state index contributed by atoms with van der Waals surface area (Å²) in [5, 5.41) is 9.99. The number of hydrogen-bond acceptors (Lipinski definition) is 2. The van der Waals surface area contributed by atoms with Crippen LogP contribution in [0.2, 0.25) is 0 Å². The maximum atomic E-state index is 11.0. The lowest BCUT2D eigenvalue weighted by Gasteiger charge is -1.99. The molecule has 0 amide bonds. The van der Waals surface area contributed by atoms with Gasteiger partial charge in [-0.1, -0.05) is 13.3 Å². The van der Waals surface area contributed by atoms with Crippen molar-refractivity contribution in [2.75, 3.05) is 18.1 Å². The molecule has 0 aromatic heterocycles. The number of rotatable bonds is 6. The minimum Gasteiger partial charge on any atom is -0.237 e. The first-order chi connectivity index (χ1) is 5.12. The molecule has 0 aliphatic heterocycles. The van der Waals surface area contributed by atoms with E-state index in [0.717, 1.165) is 6.42 Å². The third-order valence-electron chi connectivity index (χ3n) is 1.41. The number of sulfone groups is 1. The van der Waals surface area contributed by atoms with Crippen molar-refractivity contribution in [2.24, 2.45) is 0 Å². The van der Waals surface area contributed by atoms with Gasteiger partial charge in [-0.05, 0) is 12.8 Å². The molecule has 0 saturated carbocycles. The van der Waals surface area contributed by atoms with Crippen molar-refractivity contribution in [3.63, 3.8) is 0 Å². The van der Waals surface area contributed by atoms with Gasteiger partial charge in [0.15, 0.2) is 0 Å². The average molecular weight is 179 g/mol. The second-order valence-electron chi connectivity index (χ2n) is 2.56. The van der Waals surface area contributed by atoms with Crippen LogP contribution in [0.15, 0.2) is 0 Å². The van der Waals surface area contributed by atoms with Crippen LogP contribution in [0.3, 0.4) is 0 Å². The van der Waals surface area contributed by atoms with Gasteiger partial charge in [0.2, 0.25) is 0 Å². The molecule has 0 aliphatic carbocycles. The molecule has 0 aliphatic rings. The number of hydrogen-bond donors (Lipinski definition) is 0. The molecule has 0 unspecified atom stereocenters. The van der Waals surface area contributed by atoms with Crippen molar-refractivity contribution in [1.29, 1.82) is 0 Å². The van der Waals surface area contributed by atoms with Crippen molar-refractivity contribution in [1.82, 2.24) is 0 Å². The fraction of sp³-hybridized carbons (Fsp3) is 1.00. The molecule has 3 nitrogen and oxygen atoms in total. The normalized spacial score (nSPS) is 11.8. The second-order valence-corrected chi connectivity index (χ2v) is 4.87. The average Bonchev–Trinajstić information content (AvgIpc) is 1.97. The summed E-state index contributed by atoms with van der Waals surface area (Å²) in [5.41, 5.74) is 0. The molecular weight excluding hydrogens is 164 g/mol. The first-order valence-electron chi connectivity index (χ1n) is 3.91.